The van der Waals surface area contributed by atoms with E-state index in [1.54, 1.807) is 6.20 Å². The van der Waals surface area contributed by atoms with Crippen molar-refractivity contribution in [2.24, 2.45) is 0 Å². The second-order valence-electron chi connectivity index (χ2n) is 7.23. The minimum absolute atomic E-state index is 0.591. The van der Waals surface area contributed by atoms with E-state index in [2.05, 4.69) is 36.8 Å². The number of phosphoric acid groups is 6. The van der Waals surface area contributed by atoms with Gasteiger partial charge in [-0.15, -0.1) is 5.10 Å². The fourth-order valence-corrected chi connectivity index (χ4v) is 9.00. The molecule has 0 aliphatic heterocycles. The Morgan fingerprint density at radius 2 is 1.17 bits per heavy atom. The minimum atomic E-state index is -6.26. The van der Waals surface area contributed by atoms with Crippen LogP contribution in [0.15, 0.2) is 18.3 Å². The fraction of sp³-hybridized carbons (Fsp3) is 0.400. The molecule has 0 spiro atoms. The molecule has 0 saturated carbocycles. The number of rotatable bonds is 11. The summed E-state index contributed by atoms with van der Waals surface area (Å²) in [6.45, 7) is 0. The summed E-state index contributed by atoms with van der Waals surface area (Å²) in [4.78, 5) is 81.1. The Balaban J connectivity index is 0.000000448. The largest absolute Gasteiger partial charge is 0.490 e. The second kappa shape index (κ2) is 14.2. The summed E-state index contributed by atoms with van der Waals surface area (Å²) in [5.74, 6) is 0. The number of aromatic nitrogens is 4. The molecule has 2 rings (SSSR count). The number of nitrogens with zero attached hydrogens (tertiary/aromatic N) is 6. The van der Waals surface area contributed by atoms with Crippen LogP contribution in [0.2, 0.25) is 0 Å². The molecule has 2 heterocycles. The highest BCUT2D eigenvalue weighted by Crippen LogP contribution is 2.74. The fourth-order valence-electron chi connectivity index (χ4n) is 2.17. The molecule has 0 aliphatic carbocycles. The zero-order valence-electron chi connectivity index (χ0n) is 21.1. The average molecular weight is 733 g/mol. The molecule has 0 radical (unpaired) electrons. The molecule has 0 aromatic carbocycles. The van der Waals surface area contributed by atoms with Crippen LogP contribution in [0.5, 0.6) is 0 Å². The summed E-state index contributed by atoms with van der Waals surface area (Å²) in [5, 5.41) is 7.87. The first-order valence-electron chi connectivity index (χ1n) is 9.68. The summed E-state index contributed by atoms with van der Waals surface area (Å²) in [7, 11) is -28.6. The molecule has 42 heavy (non-hydrogen) atoms. The predicted octanol–water partition coefficient (Wildman–Crippen LogP) is -0.899. The van der Waals surface area contributed by atoms with Crippen LogP contribution in [0, 0.1) is 0 Å². The maximum atomic E-state index is 11.2. The van der Waals surface area contributed by atoms with Gasteiger partial charge in [-0.3, -0.25) is 4.84 Å². The van der Waals surface area contributed by atoms with Gasteiger partial charge in [0, 0.05) is 6.20 Å². The van der Waals surface area contributed by atoms with Crippen molar-refractivity contribution in [2.75, 3.05) is 28.2 Å². The lowest BCUT2D eigenvalue weighted by Gasteiger charge is -2.19. The Morgan fingerprint density at radius 3 is 1.52 bits per heavy atom. The Kier molecular flexibility index (Phi) is 13.1. The molecule has 4 unspecified atom stereocenters. The van der Waals surface area contributed by atoms with Gasteiger partial charge in [-0.1, -0.05) is 0 Å². The maximum Gasteiger partial charge on any atom is 0.490 e. The van der Waals surface area contributed by atoms with Gasteiger partial charge in [-0.25, -0.2) is 41.8 Å². The number of hydrogen-bond acceptors (Lipinski definition) is 15. The summed E-state index contributed by atoms with van der Waals surface area (Å²) >= 11 is 0. The van der Waals surface area contributed by atoms with Crippen molar-refractivity contribution in [3.8, 4) is 0 Å². The number of fused-ring (bicyclic) bond motifs is 1. The third-order valence-electron chi connectivity index (χ3n) is 3.15. The van der Waals surface area contributed by atoms with Crippen LogP contribution in [-0.2, 0) is 48.9 Å². The minimum Gasteiger partial charge on any atom is -0.302 e. The van der Waals surface area contributed by atoms with Gasteiger partial charge in [0.25, 0.3) is 0 Å². The van der Waals surface area contributed by atoms with Gasteiger partial charge in [0.2, 0.25) is 5.65 Å². The normalized spacial score (nSPS) is 17.9. The third-order valence-corrected chi connectivity index (χ3v) is 11.5. The highest BCUT2D eigenvalue weighted by atomic mass is 31.3. The van der Waals surface area contributed by atoms with E-state index in [-0.39, 0.29) is 0 Å². The molecular formula is C10H23N6O20P6+. The van der Waals surface area contributed by atoms with E-state index in [1.807, 2.05) is 49.8 Å². The number of hydrogen-bond donors (Lipinski definition) is 8. The molecule has 4 atom stereocenters. The zero-order chi connectivity index (χ0) is 32.9. The Morgan fingerprint density at radius 1 is 0.762 bits per heavy atom. The molecule has 0 saturated heterocycles. The first-order chi connectivity index (χ1) is 18.6. The zero-order valence-corrected chi connectivity index (χ0v) is 26.4. The molecule has 8 N–H and O–H groups in total. The summed E-state index contributed by atoms with van der Waals surface area (Å²) in [6, 6.07) is 4.28. The Hall–Kier alpha value is -1.32. The molecule has 0 fully saturated rings. The molecule has 2 aromatic rings. The molecule has 0 bridgehead atoms. The van der Waals surface area contributed by atoms with Crippen LogP contribution in [0.1, 0.15) is 0 Å². The van der Waals surface area contributed by atoms with Crippen molar-refractivity contribution in [1.82, 2.24) is 25.0 Å². The van der Waals surface area contributed by atoms with E-state index in [4.69, 9.17) is 44.0 Å². The van der Waals surface area contributed by atoms with Crippen LogP contribution in [0.25, 0.3) is 11.2 Å². The van der Waals surface area contributed by atoms with E-state index in [0.29, 0.717) is 17.2 Å². The lowest BCUT2D eigenvalue weighted by Crippen LogP contribution is -2.39. The van der Waals surface area contributed by atoms with Crippen molar-refractivity contribution < 1.29 is 97.5 Å². The van der Waals surface area contributed by atoms with E-state index >= 15 is 0 Å². The molecule has 0 aliphatic rings. The highest BCUT2D eigenvalue weighted by Gasteiger charge is 2.48. The Labute approximate surface area is 233 Å². The van der Waals surface area contributed by atoms with Gasteiger partial charge in [0.15, 0.2) is 0 Å². The highest BCUT2D eigenvalue weighted by molar-refractivity contribution is 7.72. The van der Waals surface area contributed by atoms with Gasteiger partial charge in [0.05, 0.1) is 28.2 Å². The smallest absolute Gasteiger partial charge is 0.302 e. The lowest BCUT2D eigenvalue weighted by atomic mass is 10.4. The van der Waals surface area contributed by atoms with Crippen molar-refractivity contribution >= 4 is 64.1 Å². The number of pyridine rings is 1. The second-order valence-corrected chi connectivity index (χ2v) is 16.2. The van der Waals surface area contributed by atoms with Gasteiger partial charge in [-0.2, -0.15) is 21.6 Å². The quantitative estimate of drug-likeness (QED) is 0.0600. The van der Waals surface area contributed by atoms with Gasteiger partial charge < -0.3 is 39.1 Å². The lowest BCUT2D eigenvalue weighted by molar-refractivity contribution is -0.480. The summed E-state index contributed by atoms with van der Waals surface area (Å²) in [6.07, 6.45) is 1.68. The van der Waals surface area contributed by atoms with Crippen LogP contribution in [0.3, 0.4) is 0 Å². The molecule has 242 valence electrons. The van der Waals surface area contributed by atoms with Gasteiger partial charge >= 0.3 is 53.0 Å². The van der Waals surface area contributed by atoms with E-state index in [1.165, 1.54) is 4.85 Å². The summed E-state index contributed by atoms with van der Waals surface area (Å²) in [5.41, 5.74) is 1.29. The van der Waals surface area contributed by atoms with Gasteiger partial charge in [0.1, 0.15) is 5.52 Å². The van der Waals surface area contributed by atoms with Crippen LogP contribution in [-0.4, -0.2) is 103 Å². The van der Waals surface area contributed by atoms with E-state index < -0.39 is 46.9 Å². The average Bonchev–Trinajstić information content (AvgIpc) is 3.08. The van der Waals surface area contributed by atoms with E-state index in [0.717, 1.165) is 0 Å². The topological polar surface area (TPSA) is 369 Å². The number of amidine groups is 1. The monoisotopic (exact) mass is 733 g/mol. The van der Waals surface area contributed by atoms with Gasteiger partial charge in [-0.05, 0) is 22.2 Å². The van der Waals surface area contributed by atoms with Crippen molar-refractivity contribution in [2.45, 2.75) is 0 Å². The third kappa shape index (κ3) is 14.9. The molecular weight excluding hydrogens is 710 g/mol. The van der Waals surface area contributed by atoms with E-state index in [9.17, 15) is 27.4 Å². The SMILES string of the molecule is CN(C)C(On1nnc2cccnc21)=[N+](C)C.O=P(O)(O)OP(=O)(O)OP(=O)(O)OP(=O)(O)OP(=O)(O)OP(=O)(O)O. The first kappa shape index (κ1) is 38.7. The van der Waals surface area contributed by atoms with Crippen molar-refractivity contribution in [3.63, 3.8) is 0 Å². The van der Waals surface area contributed by atoms with Crippen LogP contribution < -0.4 is 4.84 Å². The first-order valence-corrected chi connectivity index (χ1v) is 18.7. The molecule has 2 aromatic heterocycles. The van der Waals surface area contributed by atoms with Crippen LogP contribution >= 0.6 is 46.9 Å². The maximum absolute atomic E-state index is 11.2. The molecule has 32 heteroatoms. The molecule has 0 amide bonds. The van der Waals surface area contributed by atoms with Crippen molar-refractivity contribution in [1.29, 1.82) is 0 Å². The Bertz CT molecular complexity index is 1510. The van der Waals surface area contributed by atoms with Crippen molar-refractivity contribution in [3.05, 3.63) is 18.3 Å². The molecule has 26 nitrogen and oxygen atoms in total. The van der Waals surface area contributed by atoms with Crippen LogP contribution in [0.4, 0.5) is 0 Å². The standard InChI is InChI=1S/C10H15N6O.H8O19P6/c1-14(2)10(15(3)4)17-16-9-8(12-13-16)6-5-7-11-9;1-20(2,3)15-22(7,8)17-24(11,12)19-25(13,14)18-23(9,10)16-21(4,5)6/h5-7H,1-4H3;(H,7,8)(H,9,10)(H,11,12)(H,13,14)(H2,1,2,3)(H2,4,5,6)/q+1;. The predicted molar refractivity (Wildman–Crippen MR) is 132 cm³/mol. The summed E-state index contributed by atoms with van der Waals surface area (Å²) < 4.78 is 82.3.